The fourth-order valence-electron chi connectivity index (χ4n) is 3.53. The summed E-state index contributed by atoms with van der Waals surface area (Å²) in [5.74, 6) is -0.916. The predicted molar refractivity (Wildman–Crippen MR) is 135 cm³/mol. The molecule has 0 atom stereocenters. The van der Waals surface area contributed by atoms with Crippen molar-refractivity contribution in [1.29, 1.82) is 0 Å². The van der Waals surface area contributed by atoms with E-state index in [1.54, 1.807) is 0 Å². The van der Waals surface area contributed by atoms with Crippen LogP contribution in [0.4, 0.5) is 5.13 Å². The normalized spacial score (nSPS) is 11.8. The number of para-hydroxylation sites is 1. The molecule has 0 radical (unpaired) electrons. The Morgan fingerprint density at radius 1 is 1.00 bits per heavy atom. The first kappa shape index (κ1) is 23.4. The molecule has 170 valence electrons. The minimum absolute atomic E-state index is 0.0614. The second-order valence-corrected chi connectivity index (χ2v) is 11.5. The highest BCUT2D eigenvalue weighted by Gasteiger charge is 2.27. The number of fused-ring (bicyclic) bond motifs is 1. The summed E-state index contributed by atoms with van der Waals surface area (Å²) < 4.78 is 26.9. The summed E-state index contributed by atoms with van der Waals surface area (Å²) in [6, 6.07) is 21.3. The van der Waals surface area contributed by atoms with E-state index in [-0.39, 0.29) is 17.4 Å². The van der Waals surface area contributed by atoms with E-state index in [2.05, 4.69) is 13.8 Å². The molecule has 4 rings (SSSR count). The highest BCUT2D eigenvalue weighted by Crippen LogP contribution is 2.34. The summed E-state index contributed by atoms with van der Waals surface area (Å²) in [4.78, 5) is 19.7. The van der Waals surface area contributed by atoms with Crippen LogP contribution in [0.15, 0.2) is 77.7 Å². The summed E-state index contributed by atoms with van der Waals surface area (Å²) in [5, 5.41) is 0.916. The van der Waals surface area contributed by atoms with Gasteiger partial charge < -0.3 is 0 Å². The number of amides is 1. The molecule has 0 aliphatic heterocycles. The van der Waals surface area contributed by atoms with Crippen LogP contribution in [0.25, 0.3) is 10.2 Å². The second kappa shape index (κ2) is 9.63. The molecule has 0 unspecified atom stereocenters. The first-order valence-electron chi connectivity index (χ1n) is 10.5. The SMILES string of the molecule is CC(C)c1cccc2sc(N(Cc3ccccc3)C(=O)CS(=O)(=O)c3ccc(Cl)cc3)nc12. The Morgan fingerprint density at radius 3 is 2.36 bits per heavy atom. The fraction of sp³-hybridized carbons (Fsp3) is 0.200. The second-order valence-electron chi connectivity index (χ2n) is 8.02. The zero-order valence-corrected chi connectivity index (χ0v) is 20.6. The van der Waals surface area contributed by atoms with E-state index in [1.807, 2.05) is 48.5 Å². The number of sulfone groups is 1. The van der Waals surface area contributed by atoms with Crippen LogP contribution in [-0.2, 0) is 21.2 Å². The van der Waals surface area contributed by atoms with Crippen LogP contribution in [0, 0.1) is 0 Å². The van der Waals surface area contributed by atoms with Gasteiger partial charge in [0.25, 0.3) is 0 Å². The third-order valence-electron chi connectivity index (χ3n) is 5.26. The average Bonchev–Trinajstić information content (AvgIpc) is 3.22. The minimum Gasteiger partial charge on any atom is -0.283 e. The molecule has 1 amide bonds. The van der Waals surface area contributed by atoms with Crippen LogP contribution in [0.1, 0.15) is 30.9 Å². The summed E-state index contributed by atoms with van der Waals surface area (Å²) >= 11 is 7.27. The van der Waals surface area contributed by atoms with Crippen molar-refractivity contribution in [3.8, 4) is 0 Å². The third-order valence-corrected chi connectivity index (χ3v) is 8.18. The lowest BCUT2D eigenvalue weighted by molar-refractivity contribution is -0.116. The van der Waals surface area contributed by atoms with Gasteiger partial charge in [0.2, 0.25) is 5.91 Å². The Balaban J connectivity index is 1.72. The first-order chi connectivity index (χ1) is 15.7. The van der Waals surface area contributed by atoms with Crippen LogP contribution in [-0.4, -0.2) is 25.1 Å². The molecule has 0 saturated heterocycles. The van der Waals surface area contributed by atoms with Gasteiger partial charge in [0.15, 0.2) is 15.0 Å². The number of carbonyl (C=O) groups excluding carboxylic acids is 1. The predicted octanol–water partition coefficient (Wildman–Crippen LogP) is 6.08. The van der Waals surface area contributed by atoms with Gasteiger partial charge >= 0.3 is 0 Å². The molecular weight excluding hydrogens is 476 g/mol. The summed E-state index contributed by atoms with van der Waals surface area (Å²) in [5.41, 5.74) is 2.83. The Hall–Kier alpha value is -2.74. The number of benzene rings is 3. The fourth-order valence-corrected chi connectivity index (χ4v) is 5.88. The zero-order valence-electron chi connectivity index (χ0n) is 18.2. The Morgan fingerprint density at radius 2 is 1.70 bits per heavy atom. The molecule has 0 N–H and O–H groups in total. The quantitative estimate of drug-likeness (QED) is 0.309. The van der Waals surface area contributed by atoms with E-state index >= 15 is 0 Å². The van der Waals surface area contributed by atoms with E-state index in [9.17, 15) is 13.2 Å². The Bertz CT molecular complexity index is 1380. The molecule has 3 aromatic carbocycles. The lowest BCUT2D eigenvalue weighted by Crippen LogP contribution is -2.35. The molecule has 0 aliphatic rings. The lowest BCUT2D eigenvalue weighted by atomic mass is 10.0. The van der Waals surface area contributed by atoms with Crippen molar-refractivity contribution in [2.24, 2.45) is 0 Å². The first-order valence-corrected chi connectivity index (χ1v) is 13.3. The van der Waals surface area contributed by atoms with E-state index in [4.69, 9.17) is 16.6 Å². The van der Waals surface area contributed by atoms with E-state index < -0.39 is 21.5 Å². The van der Waals surface area contributed by atoms with Crippen LogP contribution < -0.4 is 4.90 Å². The van der Waals surface area contributed by atoms with Gasteiger partial charge in [-0.1, -0.05) is 79.2 Å². The van der Waals surface area contributed by atoms with Crippen LogP contribution >= 0.6 is 22.9 Å². The van der Waals surface area contributed by atoms with Crippen molar-refractivity contribution >= 4 is 54.0 Å². The van der Waals surface area contributed by atoms with Gasteiger partial charge in [-0.05, 0) is 47.4 Å². The van der Waals surface area contributed by atoms with Crippen molar-refractivity contribution in [1.82, 2.24) is 4.98 Å². The molecule has 1 heterocycles. The standard InChI is InChI=1S/C25H23ClN2O3S2/c1-17(2)21-9-6-10-22-24(21)27-25(32-22)28(15-18-7-4-3-5-8-18)23(29)16-33(30,31)20-13-11-19(26)12-14-20/h3-14,17H,15-16H2,1-2H3. The zero-order chi connectivity index (χ0) is 23.6. The number of nitrogens with zero attached hydrogens (tertiary/aromatic N) is 2. The molecule has 0 bridgehead atoms. The van der Waals surface area contributed by atoms with E-state index in [1.165, 1.54) is 40.5 Å². The van der Waals surface area contributed by atoms with Gasteiger partial charge in [-0.3, -0.25) is 9.69 Å². The molecule has 33 heavy (non-hydrogen) atoms. The van der Waals surface area contributed by atoms with Crippen molar-refractivity contribution in [2.45, 2.75) is 31.2 Å². The Kier molecular flexibility index (Phi) is 6.83. The molecule has 0 saturated carbocycles. The number of aromatic nitrogens is 1. The molecule has 0 aliphatic carbocycles. The maximum Gasteiger partial charge on any atom is 0.244 e. The summed E-state index contributed by atoms with van der Waals surface area (Å²) in [6.07, 6.45) is 0. The monoisotopic (exact) mass is 498 g/mol. The number of hydrogen-bond acceptors (Lipinski definition) is 5. The largest absolute Gasteiger partial charge is 0.283 e. The van der Waals surface area contributed by atoms with Gasteiger partial charge in [0.1, 0.15) is 5.75 Å². The number of hydrogen-bond donors (Lipinski definition) is 0. The number of rotatable bonds is 7. The Labute approximate surface area is 202 Å². The van der Waals surface area contributed by atoms with E-state index in [0.29, 0.717) is 10.2 Å². The van der Waals surface area contributed by atoms with E-state index in [0.717, 1.165) is 21.3 Å². The van der Waals surface area contributed by atoms with Crippen LogP contribution in [0.2, 0.25) is 5.02 Å². The highest BCUT2D eigenvalue weighted by molar-refractivity contribution is 7.92. The van der Waals surface area contributed by atoms with Crippen molar-refractivity contribution in [3.63, 3.8) is 0 Å². The number of carbonyl (C=O) groups is 1. The molecule has 5 nitrogen and oxygen atoms in total. The van der Waals surface area contributed by atoms with Crippen molar-refractivity contribution < 1.29 is 13.2 Å². The minimum atomic E-state index is -3.85. The number of anilines is 1. The van der Waals surface area contributed by atoms with Crippen molar-refractivity contribution in [2.75, 3.05) is 10.7 Å². The molecule has 0 fully saturated rings. The van der Waals surface area contributed by atoms with Gasteiger partial charge in [-0.15, -0.1) is 0 Å². The number of halogens is 1. The molecule has 4 aromatic rings. The average molecular weight is 499 g/mol. The van der Waals surface area contributed by atoms with Gasteiger partial charge in [0.05, 0.1) is 21.7 Å². The lowest BCUT2D eigenvalue weighted by Gasteiger charge is -2.20. The smallest absolute Gasteiger partial charge is 0.244 e. The molecule has 8 heteroatoms. The van der Waals surface area contributed by atoms with Crippen LogP contribution in [0.5, 0.6) is 0 Å². The number of thiazole rings is 1. The van der Waals surface area contributed by atoms with Gasteiger partial charge in [-0.25, -0.2) is 13.4 Å². The molecule has 0 spiro atoms. The van der Waals surface area contributed by atoms with Crippen LogP contribution in [0.3, 0.4) is 0 Å². The third kappa shape index (κ3) is 5.27. The summed E-state index contributed by atoms with van der Waals surface area (Å²) in [7, 11) is -3.85. The summed E-state index contributed by atoms with van der Waals surface area (Å²) in [6.45, 7) is 4.42. The van der Waals surface area contributed by atoms with Gasteiger partial charge in [0, 0.05) is 5.02 Å². The van der Waals surface area contributed by atoms with Gasteiger partial charge in [-0.2, -0.15) is 0 Å². The molecular formula is C25H23ClN2O3S2. The maximum atomic E-state index is 13.4. The topological polar surface area (TPSA) is 67.3 Å². The molecule has 1 aromatic heterocycles. The van der Waals surface area contributed by atoms with Crippen molar-refractivity contribution in [3.05, 3.63) is 88.9 Å². The highest BCUT2D eigenvalue weighted by atomic mass is 35.5. The maximum absolute atomic E-state index is 13.4.